The minimum Gasteiger partial charge on any atom is -0.354 e. The number of hydrogen-bond acceptors (Lipinski definition) is 2. The van der Waals surface area contributed by atoms with Crippen LogP contribution in [0.25, 0.3) is 0 Å². The molecule has 4 rings (SSSR count). The first-order valence-corrected chi connectivity index (χ1v) is 11.0. The van der Waals surface area contributed by atoms with Crippen molar-refractivity contribution in [3.05, 3.63) is 66.7 Å². The van der Waals surface area contributed by atoms with Crippen LogP contribution in [0.4, 0.5) is 17.1 Å². The number of hydrogen-bond donors (Lipinski definition) is 2. The number of anilines is 3. The van der Waals surface area contributed by atoms with Crippen molar-refractivity contribution >= 4 is 23.0 Å². The lowest BCUT2D eigenvalue weighted by atomic mass is 9.56. The molecule has 3 heteroatoms. The summed E-state index contributed by atoms with van der Waals surface area (Å²) in [5.74, 6) is 1.59. The minimum absolute atomic E-state index is 0.205. The molecular formula is C26H32N2O. The second-order valence-corrected chi connectivity index (χ2v) is 8.90. The Hall–Kier alpha value is -2.55. The van der Waals surface area contributed by atoms with Crippen molar-refractivity contribution in [3.8, 4) is 0 Å². The van der Waals surface area contributed by atoms with Gasteiger partial charge in [-0.05, 0) is 78.8 Å². The Kier molecular flexibility index (Phi) is 5.75. The monoisotopic (exact) mass is 388 g/mol. The molecule has 2 N–H and O–H groups in total. The third-order valence-electron chi connectivity index (χ3n) is 7.02. The Morgan fingerprint density at radius 3 is 2.62 bits per heavy atom. The lowest BCUT2D eigenvalue weighted by Gasteiger charge is -2.49. The molecule has 2 aliphatic rings. The van der Waals surface area contributed by atoms with E-state index in [-0.39, 0.29) is 5.91 Å². The maximum atomic E-state index is 11.7. The van der Waals surface area contributed by atoms with Gasteiger partial charge in [-0.1, -0.05) is 57.0 Å². The van der Waals surface area contributed by atoms with E-state index >= 15 is 0 Å². The first kappa shape index (κ1) is 19.8. The first-order valence-electron chi connectivity index (χ1n) is 11.0. The summed E-state index contributed by atoms with van der Waals surface area (Å²) >= 11 is 0. The number of carbonyl (C=O) groups is 1. The fraction of sp³-hybridized carbons (Fsp3) is 0.423. The first-order chi connectivity index (χ1) is 14.1. The van der Waals surface area contributed by atoms with Gasteiger partial charge in [-0.25, -0.2) is 0 Å². The quantitative estimate of drug-likeness (QED) is 0.534. The van der Waals surface area contributed by atoms with Gasteiger partial charge < -0.3 is 10.6 Å². The lowest BCUT2D eigenvalue weighted by molar-refractivity contribution is -0.111. The number of para-hydroxylation sites is 2. The van der Waals surface area contributed by atoms with Gasteiger partial charge in [0.05, 0.1) is 11.4 Å². The van der Waals surface area contributed by atoms with Crippen LogP contribution in [-0.2, 0) is 10.2 Å². The highest BCUT2D eigenvalue weighted by molar-refractivity contribution is 6.01. The number of rotatable bonds is 6. The van der Waals surface area contributed by atoms with E-state index in [0.29, 0.717) is 5.41 Å². The molecule has 2 aliphatic carbocycles. The van der Waals surface area contributed by atoms with Crippen LogP contribution >= 0.6 is 0 Å². The molecule has 29 heavy (non-hydrogen) atoms. The van der Waals surface area contributed by atoms with E-state index in [4.69, 9.17) is 0 Å². The number of amides is 1. The van der Waals surface area contributed by atoms with Crippen LogP contribution in [0, 0.1) is 11.8 Å². The molecule has 2 aromatic rings. The van der Waals surface area contributed by atoms with Gasteiger partial charge in [0.25, 0.3) is 0 Å². The Morgan fingerprint density at radius 1 is 1.14 bits per heavy atom. The van der Waals surface area contributed by atoms with Crippen LogP contribution < -0.4 is 10.6 Å². The van der Waals surface area contributed by atoms with Gasteiger partial charge in [-0.2, -0.15) is 0 Å². The molecule has 152 valence electrons. The SMILES string of the molecule is C=CC(=O)Nc1ccccc1Nc1ccc(C23CCCC(CC(CC)C2)C3)cc1. The molecule has 2 saturated carbocycles. The third kappa shape index (κ3) is 4.24. The van der Waals surface area contributed by atoms with Crippen molar-refractivity contribution in [1.29, 1.82) is 0 Å². The zero-order valence-electron chi connectivity index (χ0n) is 17.4. The molecule has 2 bridgehead atoms. The van der Waals surface area contributed by atoms with Gasteiger partial charge in [-0.15, -0.1) is 0 Å². The second-order valence-electron chi connectivity index (χ2n) is 8.90. The van der Waals surface area contributed by atoms with Gasteiger partial charge in [0.1, 0.15) is 0 Å². The highest BCUT2D eigenvalue weighted by atomic mass is 16.1. The Morgan fingerprint density at radius 2 is 1.90 bits per heavy atom. The summed E-state index contributed by atoms with van der Waals surface area (Å²) < 4.78 is 0. The number of carbonyl (C=O) groups excluding carboxylic acids is 1. The zero-order chi connectivity index (χ0) is 20.3. The summed E-state index contributed by atoms with van der Waals surface area (Å²) in [5, 5.41) is 6.32. The van der Waals surface area contributed by atoms with Crippen LogP contribution in [0.15, 0.2) is 61.2 Å². The molecule has 0 aliphatic heterocycles. The van der Waals surface area contributed by atoms with Crippen LogP contribution in [0.5, 0.6) is 0 Å². The molecule has 2 aromatic carbocycles. The molecule has 3 unspecified atom stereocenters. The molecule has 0 saturated heterocycles. The molecule has 0 heterocycles. The largest absolute Gasteiger partial charge is 0.354 e. The maximum absolute atomic E-state index is 11.7. The van der Waals surface area contributed by atoms with E-state index in [0.717, 1.165) is 28.9 Å². The number of benzene rings is 2. The summed E-state index contributed by atoms with van der Waals surface area (Å²) in [6.07, 6.45) is 10.9. The topological polar surface area (TPSA) is 41.1 Å². The van der Waals surface area contributed by atoms with Crippen LogP contribution in [0.3, 0.4) is 0 Å². The fourth-order valence-corrected chi connectivity index (χ4v) is 5.62. The van der Waals surface area contributed by atoms with Gasteiger partial charge >= 0.3 is 0 Å². The van der Waals surface area contributed by atoms with Crippen LogP contribution in [0.1, 0.15) is 57.4 Å². The van der Waals surface area contributed by atoms with E-state index in [1.54, 1.807) is 0 Å². The number of fused-ring (bicyclic) bond motifs is 2. The maximum Gasteiger partial charge on any atom is 0.247 e. The van der Waals surface area contributed by atoms with E-state index in [9.17, 15) is 4.79 Å². The zero-order valence-corrected chi connectivity index (χ0v) is 17.4. The average Bonchev–Trinajstić information content (AvgIpc) is 2.75. The molecule has 3 nitrogen and oxygen atoms in total. The predicted molar refractivity (Wildman–Crippen MR) is 122 cm³/mol. The van der Waals surface area contributed by atoms with Crippen LogP contribution in [-0.4, -0.2) is 5.91 Å². The molecule has 1 amide bonds. The Labute approximate surface area is 174 Å². The van der Waals surface area contributed by atoms with Gasteiger partial charge in [0.15, 0.2) is 0 Å². The molecular weight excluding hydrogens is 356 g/mol. The second kappa shape index (κ2) is 8.44. The highest BCUT2D eigenvalue weighted by Crippen LogP contribution is 2.53. The molecule has 0 aromatic heterocycles. The summed E-state index contributed by atoms with van der Waals surface area (Å²) in [6.45, 7) is 5.88. The van der Waals surface area contributed by atoms with Gasteiger partial charge in [0.2, 0.25) is 5.91 Å². The van der Waals surface area contributed by atoms with Gasteiger partial charge in [-0.3, -0.25) is 4.79 Å². The molecule has 3 atom stereocenters. The molecule has 0 spiro atoms. The number of nitrogens with one attached hydrogen (secondary N) is 2. The fourth-order valence-electron chi connectivity index (χ4n) is 5.62. The van der Waals surface area contributed by atoms with E-state index in [1.807, 2.05) is 24.3 Å². The Bertz CT molecular complexity index is 873. The molecule has 2 fully saturated rings. The van der Waals surface area contributed by atoms with Crippen molar-refractivity contribution < 1.29 is 4.79 Å². The lowest BCUT2D eigenvalue weighted by Crippen LogP contribution is -2.40. The minimum atomic E-state index is -0.205. The van der Waals surface area contributed by atoms with Gasteiger partial charge in [0, 0.05) is 5.69 Å². The van der Waals surface area contributed by atoms with Crippen molar-refractivity contribution in [2.45, 2.75) is 57.3 Å². The van der Waals surface area contributed by atoms with Crippen molar-refractivity contribution in [2.24, 2.45) is 11.8 Å². The summed E-state index contributed by atoms with van der Waals surface area (Å²) in [6, 6.07) is 16.8. The summed E-state index contributed by atoms with van der Waals surface area (Å²) in [5.41, 5.74) is 4.58. The van der Waals surface area contributed by atoms with Crippen molar-refractivity contribution in [2.75, 3.05) is 10.6 Å². The standard InChI is InChI=1S/C26H32N2O/c1-3-19-16-20-8-7-15-26(17-19,18-20)21-11-13-22(14-12-21)27-23-9-5-6-10-24(23)28-25(29)4-2/h4-6,9-14,19-20,27H,2-3,7-8,15-18H2,1H3,(H,28,29). The average molecular weight is 389 g/mol. The Balaban J connectivity index is 1.53. The van der Waals surface area contributed by atoms with Crippen molar-refractivity contribution in [1.82, 2.24) is 0 Å². The summed E-state index contributed by atoms with van der Waals surface area (Å²) in [4.78, 5) is 11.7. The van der Waals surface area contributed by atoms with Crippen LogP contribution in [0.2, 0.25) is 0 Å². The highest BCUT2D eigenvalue weighted by Gasteiger charge is 2.43. The van der Waals surface area contributed by atoms with E-state index in [2.05, 4.69) is 48.4 Å². The summed E-state index contributed by atoms with van der Waals surface area (Å²) in [7, 11) is 0. The van der Waals surface area contributed by atoms with Crippen molar-refractivity contribution in [3.63, 3.8) is 0 Å². The van der Waals surface area contributed by atoms with E-state index < -0.39 is 0 Å². The third-order valence-corrected chi connectivity index (χ3v) is 7.02. The normalized spacial score (nSPS) is 25.8. The van der Waals surface area contributed by atoms with E-state index in [1.165, 1.54) is 56.6 Å². The smallest absolute Gasteiger partial charge is 0.247 e. The predicted octanol–water partition coefficient (Wildman–Crippen LogP) is 6.80. The molecule has 0 radical (unpaired) electrons.